The van der Waals surface area contributed by atoms with Crippen molar-refractivity contribution in [1.82, 2.24) is 14.9 Å². The fourth-order valence-corrected chi connectivity index (χ4v) is 4.85. The molecule has 1 atom stereocenters. The van der Waals surface area contributed by atoms with E-state index in [9.17, 15) is 18.0 Å². The molecule has 0 heterocycles. The highest BCUT2D eigenvalue weighted by Gasteiger charge is 2.27. The van der Waals surface area contributed by atoms with Gasteiger partial charge in [0, 0.05) is 18.1 Å². The van der Waals surface area contributed by atoms with E-state index in [1.165, 1.54) is 30.0 Å². The third-order valence-electron chi connectivity index (χ3n) is 3.94. The Morgan fingerprint density at radius 3 is 2.43 bits per heavy atom. The normalized spacial score (nSPS) is 12.5. The third-order valence-corrected chi connectivity index (χ3v) is 6.77. The van der Waals surface area contributed by atoms with E-state index in [4.69, 9.17) is 23.2 Å². The van der Waals surface area contributed by atoms with Crippen LogP contribution in [0, 0.1) is 0 Å². The maximum absolute atomic E-state index is 12.7. The number of benzene rings is 1. The number of amides is 2. The summed E-state index contributed by atoms with van der Waals surface area (Å²) < 4.78 is 27.8. The van der Waals surface area contributed by atoms with Crippen LogP contribution in [0.4, 0.5) is 0 Å². The lowest BCUT2D eigenvalue weighted by Gasteiger charge is -2.21. The minimum absolute atomic E-state index is 0.00219. The van der Waals surface area contributed by atoms with Crippen molar-refractivity contribution in [2.75, 3.05) is 31.6 Å². The molecule has 2 amide bonds. The second-order valence-electron chi connectivity index (χ2n) is 5.81. The topological polar surface area (TPSA) is 95.6 Å². The number of nitrogens with one attached hydrogen (secondary N) is 2. The highest BCUT2D eigenvalue weighted by atomic mass is 35.5. The maximum Gasteiger partial charge on any atom is 0.242 e. The van der Waals surface area contributed by atoms with Crippen LogP contribution in [-0.2, 0) is 19.6 Å². The molecule has 0 spiro atoms. The number of halogens is 2. The fraction of sp³-hybridized carbons (Fsp3) is 0.529. The monoisotopic (exact) mass is 469 g/mol. The summed E-state index contributed by atoms with van der Waals surface area (Å²) in [7, 11) is -4.08. The van der Waals surface area contributed by atoms with Crippen molar-refractivity contribution >= 4 is 56.8 Å². The van der Waals surface area contributed by atoms with Crippen LogP contribution in [0.15, 0.2) is 23.1 Å². The molecule has 11 heteroatoms. The minimum atomic E-state index is -4.08. The largest absolute Gasteiger partial charge is 0.346 e. The van der Waals surface area contributed by atoms with E-state index in [0.29, 0.717) is 18.8 Å². The predicted octanol–water partition coefficient (Wildman–Crippen LogP) is 2.38. The van der Waals surface area contributed by atoms with Crippen LogP contribution in [0.25, 0.3) is 0 Å². The number of likely N-dealkylation sites (N-methyl/N-ethyl adjacent to an activating group) is 1. The molecule has 7 nitrogen and oxygen atoms in total. The van der Waals surface area contributed by atoms with Gasteiger partial charge in [-0.15, -0.1) is 0 Å². The van der Waals surface area contributed by atoms with E-state index in [1.54, 1.807) is 4.90 Å². The first-order valence-corrected chi connectivity index (χ1v) is 12.3. The molecule has 1 unspecified atom stereocenters. The summed E-state index contributed by atoms with van der Waals surface area (Å²) in [6, 6.07) is 3.02. The molecule has 1 rings (SSSR count). The average Bonchev–Trinajstić information content (AvgIpc) is 2.65. The lowest BCUT2D eigenvalue weighted by atomic mass is 10.2. The standard InChI is InChI=1S/C17H25Cl2N3O4S2/c1-4-22(5-2)16(23)11-20-17(24)14(8-9-27-3)21-28(25,26)15-10-12(18)6-7-13(15)19/h6-7,10,14,21H,4-5,8-9,11H2,1-3H3,(H,20,24). The first-order valence-electron chi connectivity index (χ1n) is 8.68. The molecular weight excluding hydrogens is 445 g/mol. The SMILES string of the molecule is CCN(CC)C(=O)CNC(=O)C(CCSC)NS(=O)(=O)c1cc(Cl)ccc1Cl. The van der Waals surface area contributed by atoms with Gasteiger partial charge in [-0.1, -0.05) is 23.2 Å². The van der Waals surface area contributed by atoms with Crippen molar-refractivity contribution in [2.24, 2.45) is 0 Å². The molecule has 0 bridgehead atoms. The van der Waals surface area contributed by atoms with Crippen LogP contribution >= 0.6 is 35.0 Å². The fourth-order valence-electron chi connectivity index (χ4n) is 2.39. The van der Waals surface area contributed by atoms with Gasteiger partial charge < -0.3 is 10.2 Å². The highest BCUT2D eigenvalue weighted by molar-refractivity contribution is 7.98. The summed E-state index contributed by atoms with van der Waals surface area (Å²) in [6.45, 7) is 4.54. The van der Waals surface area contributed by atoms with E-state index in [0.717, 1.165) is 0 Å². The molecule has 158 valence electrons. The van der Waals surface area contributed by atoms with Gasteiger partial charge in [0.1, 0.15) is 10.9 Å². The first kappa shape index (κ1) is 25.0. The summed E-state index contributed by atoms with van der Waals surface area (Å²) in [5.41, 5.74) is 0. The average molecular weight is 470 g/mol. The number of carbonyl (C=O) groups excluding carboxylic acids is 2. The van der Waals surface area contributed by atoms with Crippen LogP contribution in [0.3, 0.4) is 0 Å². The van der Waals surface area contributed by atoms with Crippen LogP contribution in [0.5, 0.6) is 0 Å². The molecule has 0 aromatic heterocycles. The smallest absolute Gasteiger partial charge is 0.242 e. The number of hydrogen-bond acceptors (Lipinski definition) is 5. The van der Waals surface area contributed by atoms with Crippen molar-refractivity contribution in [3.8, 4) is 0 Å². The molecule has 2 N–H and O–H groups in total. The second kappa shape index (κ2) is 11.9. The molecule has 1 aromatic rings. The van der Waals surface area contributed by atoms with Crippen molar-refractivity contribution in [3.05, 3.63) is 28.2 Å². The summed E-state index contributed by atoms with van der Waals surface area (Å²) in [4.78, 5) is 26.0. The van der Waals surface area contributed by atoms with Gasteiger partial charge >= 0.3 is 0 Å². The maximum atomic E-state index is 12.7. The third kappa shape index (κ3) is 7.44. The number of sulfonamides is 1. The highest BCUT2D eigenvalue weighted by Crippen LogP contribution is 2.25. The Labute approximate surface area is 180 Å². The zero-order valence-electron chi connectivity index (χ0n) is 16.0. The van der Waals surface area contributed by atoms with Gasteiger partial charge in [-0.25, -0.2) is 8.42 Å². The van der Waals surface area contributed by atoms with Gasteiger partial charge in [-0.2, -0.15) is 16.5 Å². The van der Waals surface area contributed by atoms with E-state index >= 15 is 0 Å². The lowest BCUT2D eigenvalue weighted by molar-refractivity contribution is -0.132. The van der Waals surface area contributed by atoms with Gasteiger partial charge in [-0.05, 0) is 50.5 Å². The van der Waals surface area contributed by atoms with Crippen LogP contribution in [-0.4, -0.2) is 62.8 Å². The molecule has 0 fully saturated rings. The Balaban J connectivity index is 2.93. The number of carbonyl (C=O) groups is 2. The van der Waals surface area contributed by atoms with Gasteiger partial charge in [-0.3, -0.25) is 9.59 Å². The molecular formula is C17H25Cl2N3O4S2. The Bertz CT molecular complexity index is 787. The second-order valence-corrected chi connectivity index (χ2v) is 9.33. The van der Waals surface area contributed by atoms with Crippen molar-refractivity contribution in [1.29, 1.82) is 0 Å². The molecule has 0 saturated heterocycles. The van der Waals surface area contributed by atoms with Crippen LogP contribution < -0.4 is 10.0 Å². The predicted molar refractivity (Wildman–Crippen MR) is 115 cm³/mol. The number of nitrogens with zero attached hydrogens (tertiary/aromatic N) is 1. The van der Waals surface area contributed by atoms with Gasteiger partial charge in [0.2, 0.25) is 21.8 Å². The summed E-state index contributed by atoms with van der Waals surface area (Å²) in [5, 5.41) is 2.72. The lowest BCUT2D eigenvalue weighted by Crippen LogP contribution is -2.49. The van der Waals surface area contributed by atoms with Crippen molar-refractivity contribution < 1.29 is 18.0 Å². The van der Waals surface area contributed by atoms with Crippen LogP contribution in [0.1, 0.15) is 20.3 Å². The quantitative estimate of drug-likeness (QED) is 0.518. The van der Waals surface area contributed by atoms with Crippen molar-refractivity contribution in [2.45, 2.75) is 31.2 Å². The number of hydrogen-bond donors (Lipinski definition) is 2. The van der Waals surface area contributed by atoms with Gasteiger partial charge in [0.05, 0.1) is 11.6 Å². The van der Waals surface area contributed by atoms with Gasteiger partial charge in [0.15, 0.2) is 0 Å². The molecule has 0 aliphatic rings. The Hall–Kier alpha value is -1.000. The molecule has 0 aliphatic heterocycles. The molecule has 1 aromatic carbocycles. The molecule has 0 saturated carbocycles. The van der Waals surface area contributed by atoms with E-state index < -0.39 is 22.0 Å². The Morgan fingerprint density at radius 2 is 1.86 bits per heavy atom. The first-order chi connectivity index (χ1) is 13.2. The zero-order valence-corrected chi connectivity index (χ0v) is 19.1. The molecule has 0 aliphatic carbocycles. The van der Waals surface area contributed by atoms with E-state index in [2.05, 4.69) is 10.0 Å². The molecule has 28 heavy (non-hydrogen) atoms. The molecule has 0 radical (unpaired) electrons. The van der Waals surface area contributed by atoms with E-state index in [1.807, 2.05) is 20.1 Å². The van der Waals surface area contributed by atoms with Gasteiger partial charge in [0.25, 0.3) is 0 Å². The Morgan fingerprint density at radius 1 is 1.21 bits per heavy atom. The Kier molecular flexibility index (Phi) is 10.6. The number of thioether (sulfide) groups is 1. The van der Waals surface area contributed by atoms with Crippen LogP contribution in [0.2, 0.25) is 10.0 Å². The zero-order chi connectivity index (χ0) is 21.3. The minimum Gasteiger partial charge on any atom is -0.346 e. The van der Waals surface area contributed by atoms with Crippen molar-refractivity contribution in [3.63, 3.8) is 0 Å². The van der Waals surface area contributed by atoms with E-state index in [-0.39, 0.29) is 33.8 Å². The number of rotatable bonds is 11. The summed E-state index contributed by atoms with van der Waals surface area (Å²) in [6.07, 6.45) is 2.10. The summed E-state index contributed by atoms with van der Waals surface area (Å²) >= 11 is 13.3. The summed E-state index contributed by atoms with van der Waals surface area (Å²) in [5.74, 6) is -0.257.